The molecule has 1 fully saturated rings. The summed E-state index contributed by atoms with van der Waals surface area (Å²) in [5.41, 5.74) is 0.650. The van der Waals surface area contributed by atoms with Gasteiger partial charge in [0, 0.05) is 31.9 Å². The number of ether oxygens (including phenoxy) is 1. The summed E-state index contributed by atoms with van der Waals surface area (Å²) in [6.07, 6.45) is 0. The lowest BCUT2D eigenvalue weighted by molar-refractivity contribution is -0.131. The van der Waals surface area contributed by atoms with Crippen molar-refractivity contribution in [3.63, 3.8) is 0 Å². The molecule has 0 bridgehead atoms. The van der Waals surface area contributed by atoms with Gasteiger partial charge >= 0.3 is 4.87 Å². The number of H-pyrrole nitrogens is 1. The first kappa shape index (κ1) is 23.0. The van der Waals surface area contributed by atoms with Gasteiger partial charge in [-0.05, 0) is 26.0 Å². The molecule has 0 saturated carbocycles. The van der Waals surface area contributed by atoms with Gasteiger partial charge < -0.3 is 19.9 Å². The number of hydrogen-bond acceptors (Lipinski definition) is 7. The molecule has 0 spiro atoms. The number of amides is 2. The fourth-order valence-electron chi connectivity index (χ4n) is 3.23. The van der Waals surface area contributed by atoms with Crippen molar-refractivity contribution in [2.45, 2.75) is 18.1 Å². The molecule has 1 aliphatic heterocycles. The SMILES string of the molecule is CCOc1ccccc1C(=O)NCC(=O)N1CCN(S(=O)(=O)c2sc(=O)[nH]c2C)CC1. The molecule has 0 unspecified atom stereocenters. The van der Waals surface area contributed by atoms with E-state index < -0.39 is 20.8 Å². The molecule has 0 aliphatic carbocycles. The molecule has 0 radical (unpaired) electrons. The van der Waals surface area contributed by atoms with E-state index in [0.717, 1.165) is 0 Å². The number of para-hydroxylation sites is 1. The van der Waals surface area contributed by atoms with Crippen LogP contribution in [0.2, 0.25) is 0 Å². The van der Waals surface area contributed by atoms with Crippen molar-refractivity contribution >= 4 is 33.2 Å². The van der Waals surface area contributed by atoms with Crippen LogP contribution in [-0.2, 0) is 14.8 Å². The summed E-state index contributed by atoms with van der Waals surface area (Å²) in [6.45, 7) is 4.18. The summed E-state index contributed by atoms with van der Waals surface area (Å²) in [5, 5.41) is 2.59. The average molecular weight is 469 g/mol. The van der Waals surface area contributed by atoms with Gasteiger partial charge in [0.1, 0.15) is 5.75 Å². The minimum Gasteiger partial charge on any atom is -0.493 e. The van der Waals surface area contributed by atoms with E-state index in [1.807, 2.05) is 6.92 Å². The van der Waals surface area contributed by atoms with Crippen LogP contribution in [0, 0.1) is 6.92 Å². The summed E-state index contributed by atoms with van der Waals surface area (Å²) in [6, 6.07) is 6.77. The van der Waals surface area contributed by atoms with Crippen molar-refractivity contribution in [3.05, 3.63) is 45.2 Å². The zero-order valence-electron chi connectivity index (χ0n) is 17.2. The van der Waals surface area contributed by atoms with E-state index in [0.29, 0.717) is 35.0 Å². The van der Waals surface area contributed by atoms with Gasteiger partial charge in [-0.1, -0.05) is 23.5 Å². The highest BCUT2D eigenvalue weighted by molar-refractivity contribution is 7.91. The molecule has 31 heavy (non-hydrogen) atoms. The first-order chi connectivity index (χ1) is 14.7. The number of piperazine rings is 1. The van der Waals surface area contributed by atoms with Crippen molar-refractivity contribution in [1.29, 1.82) is 0 Å². The number of sulfonamides is 1. The molecule has 1 aromatic heterocycles. The first-order valence-corrected chi connectivity index (χ1v) is 12.0. The van der Waals surface area contributed by atoms with Gasteiger partial charge in [0.05, 0.1) is 18.7 Å². The maximum atomic E-state index is 12.8. The van der Waals surface area contributed by atoms with Gasteiger partial charge in [-0.3, -0.25) is 14.4 Å². The number of nitrogens with zero attached hydrogens (tertiary/aromatic N) is 2. The first-order valence-electron chi connectivity index (χ1n) is 9.71. The predicted octanol–water partition coefficient (Wildman–Crippen LogP) is 0.406. The molecule has 1 aromatic carbocycles. The van der Waals surface area contributed by atoms with E-state index in [-0.39, 0.29) is 42.8 Å². The van der Waals surface area contributed by atoms with Crippen LogP contribution >= 0.6 is 11.3 Å². The highest BCUT2D eigenvalue weighted by atomic mass is 32.2. The van der Waals surface area contributed by atoms with Crippen LogP contribution in [0.5, 0.6) is 5.75 Å². The lowest BCUT2D eigenvalue weighted by Gasteiger charge is -2.33. The number of aryl methyl sites for hydroxylation is 1. The smallest absolute Gasteiger partial charge is 0.305 e. The Labute approximate surface area is 183 Å². The lowest BCUT2D eigenvalue weighted by Crippen LogP contribution is -2.52. The summed E-state index contributed by atoms with van der Waals surface area (Å²) in [4.78, 5) is 39.9. The van der Waals surface area contributed by atoms with Gasteiger partial charge in [-0.25, -0.2) is 8.42 Å². The number of nitrogens with one attached hydrogen (secondary N) is 2. The lowest BCUT2D eigenvalue weighted by atomic mass is 10.2. The third-order valence-electron chi connectivity index (χ3n) is 4.78. The Bertz CT molecular complexity index is 1120. The van der Waals surface area contributed by atoms with E-state index in [9.17, 15) is 22.8 Å². The van der Waals surface area contributed by atoms with Gasteiger partial charge in [0.15, 0.2) is 4.21 Å². The number of carbonyl (C=O) groups is 2. The fourth-order valence-corrected chi connectivity index (χ4v) is 6.09. The molecule has 2 N–H and O–H groups in total. The molecule has 2 heterocycles. The number of carbonyl (C=O) groups excluding carboxylic acids is 2. The molecule has 10 nitrogen and oxygen atoms in total. The Morgan fingerprint density at radius 1 is 1.19 bits per heavy atom. The van der Waals surface area contributed by atoms with Crippen molar-refractivity contribution in [2.24, 2.45) is 0 Å². The molecule has 1 aliphatic rings. The quantitative estimate of drug-likeness (QED) is 0.606. The van der Waals surface area contributed by atoms with Crippen LogP contribution in [0.1, 0.15) is 23.0 Å². The number of rotatable bonds is 7. The summed E-state index contributed by atoms with van der Waals surface area (Å²) < 4.78 is 32.2. The van der Waals surface area contributed by atoms with Crippen LogP contribution in [-0.4, -0.2) is 73.8 Å². The summed E-state index contributed by atoms with van der Waals surface area (Å²) in [5.74, 6) is -0.283. The molecule has 1 saturated heterocycles. The molecule has 3 rings (SSSR count). The highest BCUT2D eigenvalue weighted by Crippen LogP contribution is 2.22. The molecule has 0 atom stereocenters. The van der Waals surface area contributed by atoms with E-state index in [1.165, 1.54) is 16.1 Å². The topological polar surface area (TPSA) is 129 Å². The largest absolute Gasteiger partial charge is 0.493 e. The van der Waals surface area contributed by atoms with Crippen LogP contribution < -0.4 is 14.9 Å². The summed E-state index contributed by atoms with van der Waals surface area (Å²) >= 11 is 0.657. The second kappa shape index (κ2) is 9.62. The van der Waals surface area contributed by atoms with Gasteiger partial charge in [-0.2, -0.15) is 4.31 Å². The molecular weight excluding hydrogens is 444 g/mol. The van der Waals surface area contributed by atoms with Crippen LogP contribution in [0.3, 0.4) is 0 Å². The fraction of sp³-hybridized carbons (Fsp3) is 0.421. The Morgan fingerprint density at radius 3 is 2.48 bits per heavy atom. The third-order valence-corrected chi connectivity index (χ3v) is 8.26. The molecule has 2 amide bonds. The molecular formula is C19H24N4O6S2. The van der Waals surface area contributed by atoms with Gasteiger partial charge in [0.2, 0.25) is 5.91 Å². The number of thiazole rings is 1. The van der Waals surface area contributed by atoms with Crippen LogP contribution in [0.4, 0.5) is 0 Å². The normalized spacial score (nSPS) is 15.0. The second-order valence-corrected chi connectivity index (χ2v) is 9.94. The Hall–Kier alpha value is -2.70. The maximum Gasteiger partial charge on any atom is 0.305 e. The van der Waals surface area contributed by atoms with Gasteiger partial charge in [0.25, 0.3) is 15.9 Å². The monoisotopic (exact) mass is 468 g/mol. The van der Waals surface area contributed by atoms with Crippen molar-refractivity contribution < 1.29 is 22.7 Å². The highest BCUT2D eigenvalue weighted by Gasteiger charge is 2.32. The van der Waals surface area contributed by atoms with Crippen LogP contribution in [0.25, 0.3) is 0 Å². The molecule has 12 heteroatoms. The Balaban J connectivity index is 1.55. The zero-order chi connectivity index (χ0) is 22.6. The average Bonchev–Trinajstić information content (AvgIpc) is 3.11. The molecule has 168 valence electrons. The van der Waals surface area contributed by atoms with E-state index in [4.69, 9.17) is 4.74 Å². The van der Waals surface area contributed by atoms with E-state index in [2.05, 4.69) is 10.3 Å². The van der Waals surface area contributed by atoms with E-state index in [1.54, 1.807) is 24.3 Å². The minimum absolute atomic E-state index is 0.00231. The van der Waals surface area contributed by atoms with Gasteiger partial charge in [-0.15, -0.1) is 0 Å². The van der Waals surface area contributed by atoms with Crippen LogP contribution in [0.15, 0.2) is 33.3 Å². The Morgan fingerprint density at radius 2 is 1.87 bits per heavy atom. The number of aromatic nitrogens is 1. The standard InChI is InChI=1S/C19H24N4O6S2/c1-3-29-15-7-5-4-6-14(15)17(25)20-12-16(24)22-8-10-23(11-9-22)31(27,28)18-13(2)21-19(26)30-18/h4-7H,3,8-12H2,1-2H3,(H,20,25)(H,21,26). The van der Waals surface area contributed by atoms with Crippen molar-refractivity contribution in [2.75, 3.05) is 39.3 Å². The molecule has 2 aromatic rings. The third kappa shape index (κ3) is 5.14. The number of hydrogen-bond donors (Lipinski definition) is 2. The maximum absolute atomic E-state index is 12.8. The minimum atomic E-state index is -3.79. The number of aromatic amines is 1. The predicted molar refractivity (Wildman–Crippen MR) is 115 cm³/mol. The van der Waals surface area contributed by atoms with Crippen molar-refractivity contribution in [3.8, 4) is 5.75 Å². The van der Waals surface area contributed by atoms with Crippen molar-refractivity contribution in [1.82, 2.24) is 19.5 Å². The Kier molecular flexibility index (Phi) is 7.13. The summed E-state index contributed by atoms with van der Waals surface area (Å²) in [7, 11) is -3.79. The van der Waals surface area contributed by atoms with E-state index >= 15 is 0 Å². The zero-order valence-corrected chi connectivity index (χ0v) is 18.8. The second-order valence-electron chi connectivity index (χ2n) is 6.82. The number of benzene rings is 1.